The van der Waals surface area contributed by atoms with Crippen LogP contribution in [-0.4, -0.2) is 10.9 Å². The Morgan fingerprint density at radius 3 is 2.65 bits per heavy atom. The number of hydrogen-bond acceptors (Lipinski definition) is 2. The van der Waals surface area contributed by atoms with E-state index >= 15 is 0 Å². The molecular weight excluding hydrogens is 248 g/mol. The maximum atomic E-state index is 11.2. The molecule has 0 amide bonds. The van der Waals surface area contributed by atoms with Gasteiger partial charge in [-0.3, -0.25) is 4.79 Å². The highest BCUT2D eigenvalue weighted by atomic mass is 16.1. The Labute approximate surface area is 116 Å². The van der Waals surface area contributed by atoms with Crippen molar-refractivity contribution in [3.63, 3.8) is 0 Å². The van der Waals surface area contributed by atoms with Crippen molar-refractivity contribution in [2.75, 3.05) is 0 Å². The lowest BCUT2D eigenvalue weighted by Crippen LogP contribution is -1.97. The zero-order valence-corrected chi connectivity index (χ0v) is 10.8. The van der Waals surface area contributed by atoms with Gasteiger partial charge in [-0.2, -0.15) is 5.26 Å². The number of carbonyl (C=O) groups excluding carboxylic acids is 1. The van der Waals surface area contributed by atoms with E-state index in [2.05, 4.69) is 18.2 Å². The predicted molar refractivity (Wildman–Crippen MR) is 77.6 cm³/mol. The molecule has 0 atom stereocenters. The summed E-state index contributed by atoms with van der Waals surface area (Å²) in [4.78, 5) is 11.2. The van der Waals surface area contributed by atoms with Gasteiger partial charge in [0.25, 0.3) is 0 Å². The molecule has 0 saturated carbocycles. The van der Waals surface area contributed by atoms with Crippen molar-refractivity contribution in [1.29, 1.82) is 5.26 Å². The van der Waals surface area contributed by atoms with Gasteiger partial charge in [-0.25, -0.2) is 0 Å². The molecule has 3 aromatic rings. The summed E-state index contributed by atoms with van der Waals surface area (Å²) >= 11 is 0. The second-order valence-electron chi connectivity index (χ2n) is 4.66. The van der Waals surface area contributed by atoms with E-state index < -0.39 is 0 Å². The first kappa shape index (κ1) is 12.2. The van der Waals surface area contributed by atoms with Crippen LogP contribution in [0.25, 0.3) is 10.9 Å². The van der Waals surface area contributed by atoms with Gasteiger partial charge in [0.15, 0.2) is 6.29 Å². The van der Waals surface area contributed by atoms with Gasteiger partial charge in [-0.15, -0.1) is 0 Å². The molecule has 1 aromatic heterocycles. The minimum absolute atomic E-state index is 0.568. The molecule has 1 heterocycles. The molecule has 0 spiro atoms. The number of aldehydes is 1. The quantitative estimate of drug-likeness (QED) is 0.678. The van der Waals surface area contributed by atoms with Gasteiger partial charge in [-0.05, 0) is 23.8 Å². The molecule has 0 saturated heterocycles. The van der Waals surface area contributed by atoms with E-state index in [1.807, 2.05) is 35.0 Å². The summed E-state index contributed by atoms with van der Waals surface area (Å²) in [5.41, 5.74) is 3.33. The lowest BCUT2D eigenvalue weighted by molar-refractivity contribution is 0.112. The molecule has 0 aliphatic rings. The van der Waals surface area contributed by atoms with Gasteiger partial charge >= 0.3 is 0 Å². The highest BCUT2D eigenvalue weighted by Gasteiger charge is 2.09. The van der Waals surface area contributed by atoms with Crippen LogP contribution in [0.5, 0.6) is 0 Å². The van der Waals surface area contributed by atoms with E-state index in [1.165, 1.54) is 5.56 Å². The lowest BCUT2D eigenvalue weighted by Gasteiger charge is -2.05. The highest BCUT2D eigenvalue weighted by molar-refractivity contribution is 5.98. The van der Waals surface area contributed by atoms with Crippen molar-refractivity contribution in [1.82, 2.24) is 4.57 Å². The average Bonchev–Trinajstić information content (AvgIpc) is 2.85. The van der Waals surface area contributed by atoms with Crippen molar-refractivity contribution < 1.29 is 4.79 Å². The Kier molecular flexibility index (Phi) is 3.06. The summed E-state index contributed by atoms with van der Waals surface area (Å²) in [6, 6.07) is 17.6. The minimum atomic E-state index is 0.568. The fourth-order valence-electron chi connectivity index (χ4n) is 2.40. The van der Waals surface area contributed by atoms with E-state index in [4.69, 9.17) is 5.26 Å². The molecule has 0 radical (unpaired) electrons. The normalized spacial score (nSPS) is 10.3. The van der Waals surface area contributed by atoms with Crippen LogP contribution in [0, 0.1) is 11.3 Å². The number of benzene rings is 2. The standard InChI is InChI=1S/C17H12N2O/c18-9-14-6-7-17-16(8-14)15(12-20)11-19(17)10-13-4-2-1-3-5-13/h1-8,11-12H,10H2. The van der Waals surface area contributed by atoms with Gasteiger partial charge < -0.3 is 4.57 Å². The zero-order chi connectivity index (χ0) is 13.9. The molecule has 0 unspecified atom stereocenters. The number of hydrogen-bond donors (Lipinski definition) is 0. The second-order valence-corrected chi connectivity index (χ2v) is 4.66. The van der Waals surface area contributed by atoms with Gasteiger partial charge in [0.05, 0.1) is 11.6 Å². The Morgan fingerprint density at radius 2 is 1.95 bits per heavy atom. The first-order valence-electron chi connectivity index (χ1n) is 6.34. The van der Waals surface area contributed by atoms with Gasteiger partial charge in [0, 0.05) is 29.2 Å². The van der Waals surface area contributed by atoms with E-state index in [0.717, 1.165) is 17.2 Å². The summed E-state index contributed by atoms with van der Waals surface area (Å²) in [6.45, 7) is 0.705. The summed E-state index contributed by atoms with van der Waals surface area (Å²) < 4.78 is 2.04. The number of aromatic nitrogens is 1. The van der Waals surface area contributed by atoms with Crippen molar-refractivity contribution in [2.24, 2.45) is 0 Å². The molecule has 0 bridgehead atoms. The van der Waals surface area contributed by atoms with Gasteiger partial charge in [0.1, 0.15) is 0 Å². The van der Waals surface area contributed by atoms with Crippen LogP contribution in [0.2, 0.25) is 0 Å². The molecule has 20 heavy (non-hydrogen) atoms. The van der Waals surface area contributed by atoms with Crippen molar-refractivity contribution in [2.45, 2.75) is 6.54 Å². The zero-order valence-electron chi connectivity index (χ0n) is 10.8. The predicted octanol–water partition coefficient (Wildman–Crippen LogP) is 3.37. The first-order chi connectivity index (χ1) is 9.81. The number of nitriles is 1. The van der Waals surface area contributed by atoms with Crippen LogP contribution in [0.3, 0.4) is 0 Å². The van der Waals surface area contributed by atoms with E-state index in [-0.39, 0.29) is 0 Å². The summed E-state index contributed by atoms with van der Waals surface area (Å²) in [7, 11) is 0. The molecule has 0 aliphatic heterocycles. The lowest BCUT2D eigenvalue weighted by atomic mass is 10.1. The van der Waals surface area contributed by atoms with Crippen molar-refractivity contribution in [3.8, 4) is 6.07 Å². The Balaban J connectivity index is 2.12. The number of rotatable bonds is 3. The maximum Gasteiger partial charge on any atom is 0.152 e. The molecule has 0 N–H and O–H groups in total. The summed E-state index contributed by atoms with van der Waals surface area (Å²) in [6.07, 6.45) is 2.68. The fourth-order valence-corrected chi connectivity index (χ4v) is 2.40. The van der Waals surface area contributed by atoms with E-state index in [0.29, 0.717) is 17.7 Å². The SMILES string of the molecule is N#Cc1ccc2c(c1)c(C=O)cn2Cc1ccccc1. The topological polar surface area (TPSA) is 45.8 Å². The third-order valence-electron chi connectivity index (χ3n) is 3.36. The summed E-state index contributed by atoms with van der Waals surface area (Å²) in [5, 5.41) is 9.79. The van der Waals surface area contributed by atoms with Gasteiger partial charge in [0.2, 0.25) is 0 Å². The van der Waals surface area contributed by atoms with Crippen molar-refractivity contribution in [3.05, 3.63) is 71.4 Å². The number of nitrogens with zero attached hydrogens (tertiary/aromatic N) is 2. The highest BCUT2D eigenvalue weighted by Crippen LogP contribution is 2.22. The Morgan fingerprint density at radius 1 is 1.15 bits per heavy atom. The van der Waals surface area contributed by atoms with Crippen LogP contribution in [0.15, 0.2) is 54.7 Å². The maximum absolute atomic E-state index is 11.2. The molecule has 0 aliphatic carbocycles. The first-order valence-corrected chi connectivity index (χ1v) is 6.34. The van der Waals surface area contributed by atoms with Crippen LogP contribution in [0.1, 0.15) is 21.5 Å². The average molecular weight is 260 g/mol. The van der Waals surface area contributed by atoms with Crippen LogP contribution >= 0.6 is 0 Å². The number of fused-ring (bicyclic) bond motifs is 1. The van der Waals surface area contributed by atoms with Crippen LogP contribution < -0.4 is 0 Å². The Bertz CT molecular complexity index is 810. The molecule has 3 nitrogen and oxygen atoms in total. The van der Waals surface area contributed by atoms with Crippen molar-refractivity contribution >= 4 is 17.2 Å². The summed E-state index contributed by atoms with van der Waals surface area (Å²) in [5.74, 6) is 0. The van der Waals surface area contributed by atoms with Crippen LogP contribution in [0.4, 0.5) is 0 Å². The molecular formula is C17H12N2O. The van der Waals surface area contributed by atoms with E-state index in [1.54, 1.807) is 12.1 Å². The van der Waals surface area contributed by atoms with Crippen LogP contribution in [-0.2, 0) is 6.54 Å². The van der Waals surface area contributed by atoms with E-state index in [9.17, 15) is 4.79 Å². The Hall–Kier alpha value is -2.86. The third-order valence-corrected chi connectivity index (χ3v) is 3.36. The minimum Gasteiger partial charge on any atom is -0.342 e. The third kappa shape index (κ3) is 2.08. The number of carbonyl (C=O) groups is 1. The second kappa shape index (κ2) is 5.02. The molecule has 3 heteroatoms. The molecule has 3 rings (SSSR count). The van der Waals surface area contributed by atoms with Gasteiger partial charge in [-0.1, -0.05) is 30.3 Å². The monoisotopic (exact) mass is 260 g/mol. The molecule has 2 aromatic carbocycles. The smallest absolute Gasteiger partial charge is 0.152 e. The largest absolute Gasteiger partial charge is 0.342 e. The molecule has 96 valence electrons. The fraction of sp³-hybridized carbons (Fsp3) is 0.0588. The molecule has 0 fully saturated rings.